The Morgan fingerprint density at radius 3 is 2.31 bits per heavy atom. The molecule has 0 radical (unpaired) electrons. The summed E-state index contributed by atoms with van der Waals surface area (Å²) < 4.78 is 0. The molecule has 0 aromatic rings. The molecule has 0 bridgehead atoms. The van der Waals surface area contributed by atoms with Gasteiger partial charge in [0.15, 0.2) is 0 Å². The second-order valence-electron chi connectivity index (χ2n) is 5.40. The molecule has 2 aliphatic rings. The van der Waals surface area contributed by atoms with Crippen LogP contribution in [0, 0.1) is 17.3 Å². The summed E-state index contributed by atoms with van der Waals surface area (Å²) in [5.41, 5.74) is 0.836. The zero-order valence-corrected chi connectivity index (χ0v) is 9.31. The third kappa shape index (κ3) is 2.27. The van der Waals surface area contributed by atoms with Gasteiger partial charge in [-0.25, -0.2) is 0 Å². The van der Waals surface area contributed by atoms with Crippen molar-refractivity contribution in [2.75, 3.05) is 0 Å². The summed E-state index contributed by atoms with van der Waals surface area (Å²) in [6.45, 7) is 4.76. The van der Waals surface area contributed by atoms with Crippen molar-refractivity contribution in [3.8, 4) is 0 Å². The van der Waals surface area contributed by atoms with Crippen LogP contribution < -0.4 is 0 Å². The Labute approximate surface area is 83.1 Å². The molecule has 0 aliphatic heterocycles. The second kappa shape index (κ2) is 3.63. The highest BCUT2D eigenvalue weighted by Gasteiger charge is 2.41. The van der Waals surface area contributed by atoms with E-state index in [0.29, 0.717) is 0 Å². The van der Waals surface area contributed by atoms with E-state index >= 15 is 0 Å². The van der Waals surface area contributed by atoms with Gasteiger partial charge in [-0.05, 0) is 55.8 Å². The summed E-state index contributed by atoms with van der Waals surface area (Å²) in [4.78, 5) is 0. The van der Waals surface area contributed by atoms with Crippen LogP contribution in [-0.4, -0.2) is 0 Å². The molecule has 0 spiro atoms. The molecule has 0 heterocycles. The Bertz CT molecular complexity index is 163. The zero-order chi connectivity index (χ0) is 9.31. The van der Waals surface area contributed by atoms with Gasteiger partial charge in [-0.15, -0.1) is 0 Å². The van der Waals surface area contributed by atoms with Crippen molar-refractivity contribution in [3.05, 3.63) is 0 Å². The summed E-state index contributed by atoms with van der Waals surface area (Å²) >= 11 is 0. The van der Waals surface area contributed by atoms with Crippen LogP contribution in [0.25, 0.3) is 0 Å². The van der Waals surface area contributed by atoms with Gasteiger partial charge in [0.1, 0.15) is 0 Å². The van der Waals surface area contributed by atoms with Gasteiger partial charge in [-0.2, -0.15) is 0 Å². The molecule has 2 fully saturated rings. The number of rotatable bonds is 6. The molecule has 2 saturated carbocycles. The molecule has 0 amide bonds. The van der Waals surface area contributed by atoms with Gasteiger partial charge >= 0.3 is 0 Å². The molecule has 1 unspecified atom stereocenters. The highest BCUT2D eigenvalue weighted by Crippen LogP contribution is 2.54. The van der Waals surface area contributed by atoms with Crippen molar-refractivity contribution in [3.63, 3.8) is 0 Å². The van der Waals surface area contributed by atoms with Gasteiger partial charge in [0.05, 0.1) is 0 Å². The maximum atomic E-state index is 2.38. The van der Waals surface area contributed by atoms with Crippen LogP contribution in [0.2, 0.25) is 0 Å². The predicted molar refractivity (Wildman–Crippen MR) is 57.7 cm³/mol. The summed E-state index contributed by atoms with van der Waals surface area (Å²) in [6, 6.07) is 0. The zero-order valence-electron chi connectivity index (χ0n) is 9.31. The van der Waals surface area contributed by atoms with Gasteiger partial charge < -0.3 is 0 Å². The second-order valence-corrected chi connectivity index (χ2v) is 5.40. The molecule has 2 aliphatic carbocycles. The normalized spacial score (nSPS) is 27.2. The summed E-state index contributed by atoms with van der Waals surface area (Å²) in [5, 5.41) is 0. The monoisotopic (exact) mass is 180 g/mol. The average Bonchev–Trinajstić information content (AvgIpc) is 3.01. The molecule has 0 aromatic carbocycles. The van der Waals surface area contributed by atoms with E-state index in [4.69, 9.17) is 0 Å². The van der Waals surface area contributed by atoms with Crippen LogP contribution in [0.5, 0.6) is 0 Å². The SMILES string of the molecule is CCC(CCC1(CC)CC1)C1CC1. The molecular formula is C13H24. The fourth-order valence-electron chi connectivity index (χ4n) is 2.79. The van der Waals surface area contributed by atoms with Crippen molar-refractivity contribution in [2.45, 2.75) is 65.2 Å². The quantitative estimate of drug-likeness (QED) is 0.568. The molecule has 0 N–H and O–H groups in total. The first-order chi connectivity index (χ1) is 6.29. The van der Waals surface area contributed by atoms with Gasteiger partial charge in [0.2, 0.25) is 0 Å². The lowest BCUT2D eigenvalue weighted by atomic mass is 9.88. The van der Waals surface area contributed by atoms with E-state index in [9.17, 15) is 0 Å². The average molecular weight is 180 g/mol. The van der Waals surface area contributed by atoms with Crippen molar-refractivity contribution >= 4 is 0 Å². The first kappa shape index (κ1) is 9.55. The minimum absolute atomic E-state index is 0.836. The van der Waals surface area contributed by atoms with Crippen molar-refractivity contribution in [1.82, 2.24) is 0 Å². The molecule has 0 saturated heterocycles. The topological polar surface area (TPSA) is 0 Å². The number of hydrogen-bond donors (Lipinski definition) is 0. The van der Waals surface area contributed by atoms with E-state index in [2.05, 4.69) is 13.8 Å². The van der Waals surface area contributed by atoms with Crippen LogP contribution in [0.1, 0.15) is 65.2 Å². The first-order valence-corrected chi connectivity index (χ1v) is 6.29. The lowest BCUT2D eigenvalue weighted by Crippen LogP contribution is -2.06. The Kier molecular flexibility index (Phi) is 2.67. The maximum Gasteiger partial charge on any atom is -0.0300 e. The molecule has 0 heteroatoms. The van der Waals surface area contributed by atoms with Crippen LogP contribution in [-0.2, 0) is 0 Å². The van der Waals surface area contributed by atoms with Crippen molar-refractivity contribution in [2.24, 2.45) is 17.3 Å². The van der Waals surface area contributed by atoms with Crippen LogP contribution in [0.3, 0.4) is 0 Å². The van der Waals surface area contributed by atoms with Gasteiger partial charge in [0, 0.05) is 0 Å². The Morgan fingerprint density at radius 1 is 1.23 bits per heavy atom. The lowest BCUT2D eigenvalue weighted by molar-refractivity contribution is 0.335. The summed E-state index contributed by atoms with van der Waals surface area (Å²) in [5.74, 6) is 2.22. The largest absolute Gasteiger partial charge is 0.0651 e. The van der Waals surface area contributed by atoms with E-state index in [0.717, 1.165) is 17.3 Å². The minimum atomic E-state index is 0.836. The van der Waals surface area contributed by atoms with E-state index in [1.807, 2.05) is 0 Å². The Hall–Kier alpha value is 0. The molecule has 1 atom stereocenters. The third-order valence-corrected chi connectivity index (χ3v) is 4.57. The summed E-state index contributed by atoms with van der Waals surface area (Å²) in [6.07, 6.45) is 12.1. The van der Waals surface area contributed by atoms with Gasteiger partial charge in [0.25, 0.3) is 0 Å². The molecule has 0 aromatic heterocycles. The van der Waals surface area contributed by atoms with Gasteiger partial charge in [-0.1, -0.05) is 26.7 Å². The fourth-order valence-corrected chi connectivity index (χ4v) is 2.79. The predicted octanol–water partition coefficient (Wildman–Crippen LogP) is 4.39. The molecule has 76 valence electrons. The highest BCUT2D eigenvalue weighted by molar-refractivity contribution is 4.93. The molecule has 2 rings (SSSR count). The van der Waals surface area contributed by atoms with Crippen LogP contribution >= 0.6 is 0 Å². The highest BCUT2D eigenvalue weighted by atomic mass is 14.5. The first-order valence-electron chi connectivity index (χ1n) is 6.29. The van der Waals surface area contributed by atoms with Crippen LogP contribution in [0.15, 0.2) is 0 Å². The summed E-state index contributed by atoms with van der Waals surface area (Å²) in [7, 11) is 0. The molecule has 0 nitrogen and oxygen atoms in total. The van der Waals surface area contributed by atoms with Crippen molar-refractivity contribution < 1.29 is 0 Å². The standard InChI is InChI=1S/C13H24/c1-3-11(12-5-6-12)7-8-13(4-2)9-10-13/h11-12H,3-10H2,1-2H3. The minimum Gasteiger partial charge on any atom is -0.0651 e. The molecular weight excluding hydrogens is 156 g/mol. The maximum absolute atomic E-state index is 2.38. The lowest BCUT2D eigenvalue weighted by Gasteiger charge is -2.18. The van der Waals surface area contributed by atoms with E-state index in [1.165, 1.54) is 44.9 Å². The van der Waals surface area contributed by atoms with Crippen molar-refractivity contribution in [1.29, 1.82) is 0 Å². The Balaban J connectivity index is 1.70. The fraction of sp³-hybridized carbons (Fsp3) is 1.00. The van der Waals surface area contributed by atoms with E-state index < -0.39 is 0 Å². The molecule has 13 heavy (non-hydrogen) atoms. The van der Waals surface area contributed by atoms with E-state index in [-0.39, 0.29) is 0 Å². The number of hydrogen-bond acceptors (Lipinski definition) is 0. The van der Waals surface area contributed by atoms with Crippen LogP contribution in [0.4, 0.5) is 0 Å². The Morgan fingerprint density at radius 2 is 1.92 bits per heavy atom. The van der Waals surface area contributed by atoms with E-state index in [1.54, 1.807) is 6.42 Å². The third-order valence-electron chi connectivity index (χ3n) is 4.57. The van der Waals surface area contributed by atoms with Gasteiger partial charge in [-0.3, -0.25) is 0 Å². The smallest absolute Gasteiger partial charge is 0.0300 e.